The zero-order chi connectivity index (χ0) is 14.5. The fraction of sp³-hybridized carbons (Fsp3) is 0.467. The maximum atomic E-state index is 5.96. The molecule has 0 spiro atoms. The topological polar surface area (TPSA) is 41.8 Å². The summed E-state index contributed by atoms with van der Waals surface area (Å²) in [5.74, 6) is 1.71. The molecule has 0 amide bonds. The number of rotatable bonds is 6. The van der Waals surface area contributed by atoms with E-state index in [4.69, 9.17) is 28.2 Å². The van der Waals surface area contributed by atoms with Crippen LogP contribution in [0.3, 0.4) is 0 Å². The zero-order valence-corrected chi connectivity index (χ0v) is 13.3. The highest BCUT2D eigenvalue weighted by molar-refractivity contribution is 7.71. The van der Waals surface area contributed by atoms with E-state index in [0.29, 0.717) is 22.6 Å². The maximum Gasteiger partial charge on any atom is 0.284 e. The molecule has 5 heteroatoms. The van der Waals surface area contributed by atoms with E-state index in [1.165, 1.54) is 12.0 Å². The van der Waals surface area contributed by atoms with Crippen LogP contribution >= 0.6 is 23.8 Å². The first-order valence-electron chi connectivity index (χ1n) is 6.84. The summed E-state index contributed by atoms with van der Waals surface area (Å²) in [6.45, 7) is 4.47. The van der Waals surface area contributed by atoms with Crippen molar-refractivity contribution in [3.8, 4) is 0 Å². The number of benzene rings is 1. The van der Waals surface area contributed by atoms with Gasteiger partial charge in [-0.05, 0) is 48.2 Å². The second-order valence-electron chi connectivity index (χ2n) is 5.43. The van der Waals surface area contributed by atoms with Crippen LogP contribution in [-0.2, 0) is 6.42 Å². The van der Waals surface area contributed by atoms with Crippen molar-refractivity contribution in [2.45, 2.75) is 39.0 Å². The third kappa shape index (κ3) is 4.46. The van der Waals surface area contributed by atoms with Crippen molar-refractivity contribution >= 4 is 23.8 Å². The molecule has 0 fully saturated rings. The van der Waals surface area contributed by atoms with E-state index < -0.39 is 0 Å². The van der Waals surface area contributed by atoms with Crippen molar-refractivity contribution in [3.63, 3.8) is 0 Å². The third-order valence-electron chi connectivity index (χ3n) is 3.34. The van der Waals surface area contributed by atoms with Gasteiger partial charge < -0.3 is 4.42 Å². The molecule has 3 nitrogen and oxygen atoms in total. The van der Waals surface area contributed by atoms with Crippen molar-refractivity contribution < 1.29 is 4.42 Å². The number of nitrogens with zero attached hydrogens (tertiary/aromatic N) is 1. The second-order valence-corrected chi connectivity index (χ2v) is 6.24. The van der Waals surface area contributed by atoms with Crippen LogP contribution in [0.15, 0.2) is 28.7 Å². The molecule has 108 valence electrons. The van der Waals surface area contributed by atoms with Crippen molar-refractivity contribution in [1.82, 2.24) is 10.2 Å². The Bertz CT molecular complexity index is 588. The summed E-state index contributed by atoms with van der Waals surface area (Å²) in [7, 11) is 0. The summed E-state index contributed by atoms with van der Waals surface area (Å²) < 4.78 is 5.39. The predicted octanol–water partition coefficient (Wildman–Crippen LogP) is 5.15. The van der Waals surface area contributed by atoms with Gasteiger partial charge in [-0.1, -0.05) is 44.0 Å². The smallest absolute Gasteiger partial charge is 0.284 e. The van der Waals surface area contributed by atoms with Crippen LogP contribution in [0.4, 0.5) is 0 Å². The number of hydrogen-bond donors (Lipinski definition) is 1. The van der Waals surface area contributed by atoms with E-state index in [9.17, 15) is 0 Å². The Hall–Kier alpha value is -1.13. The molecule has 0 aliphatic carbocycles. The Balaban J connectivity index is 2.15. The van der Waals surface area contributed by atoms with E-state index in [-0.39, 0.29) is 0 Å². The van der Waals surface area contributed by atoms with Gasteiger partial charge >= 0.3 is 0 Å². The molecule has 1 atom stereocenters. The molecule has 1 N–H and O–H groups in total. The van der Waals surface area contributed by atoms with Gasteiger partial charge in [-0.15, -0.1) is 5.10 Å². The fourth-order valence-electron chi connectivity index (χ4n) is 2.21. The lowest BCUT2D eigenvalue weighted by atomic mass is 9.89. The Morgan fingerprint density at radius 2 is 1.95 bits per heavy atom. The summed E-state index contributed by atoms with van der Waals surface area (Å²) in [4.78, 5) is 0.332. The standard InChI is InChI=1S/C15H19ClN2OS/c1-10(2)3-4-12(9-14-17-18-15(20)19-14)11-5-7-13(16)8-6-11/h5-8,10,12H,3-4,9H2,1-2H3,(H,18,20)/t12-/m1/s1. The molecule has 0 bridgehead atoms. The molecular formula is C15H19ClN2OS. The van der Waals surface area contributed by atoms with Gasteiger partial charge in [-0.2, -0.15) is 0 Å². The summed E-state index contributed by atoms with van der Waals surface area (Å²) in [6, 6.07) is 8.02. The molecule has 20 heavy (non-hydrogen) atoms. The van der Waals surface area contributed by atoms with Gasteiger partial charge in [0.2, 0.25) is 5.89 Å². The molecule has 0 saturated heterocycles. The first-order valence-corrected chi connectivity index (χ1v) is 7.63. The fourth-order valence-corrected chi connectivity index (χ4v) is 2.48. The van der Waals surface area contributed by atoms with Crippen LogP contribution < -0.4 is 0 Å². The Morgan fingerprint density at radius 3 is 2.50 bits per heavy atom. The molecule has 2 aromatic rings. The van der Waals surface area contributed by atoms with Gasteiger partial charge in [0.1, 0.15) is 0 Å². The van der Waals surface area contributed by atoms with Crippen molar-refractivity contribution in [3.05, 3.63) is 45.6 Å². The number of halogens is 1. The minimum absolute atomic E-state index is 0.332. The molecule has 0 saturated carbocycles. The van der Waals surface area contributed by atoms with Crippen LogP contribution in [0.1, 0.15) is 44.1 Å². The van der Waals surface area contributed by atoms with E-state index in [1.807, 2.05) is 12.1 Å². The third-order valence-corrected chi connectivity index (χ3v) is 3.76. The number of hydrogen-bond acceptors (Lipinski definition) is 3. The first-order chi connectivity index (χ1) is 9.54. The molecule has 1 aromatic carbocycles. The molecule has 0 unspecified atom stereocenters. The average molecular weight is 311 g/mol. The van der Waals surface area contributed by atoms with Crippen LogP contribution in [0, 0.1) is 10.8 Å². The summed E-state index contributed by atoms with van der Waals surface area (Å²) in [5.41, 5.74) is 1.26. The number of aromatic nitrogens is 2. The van der Waals surface area contributed by atoms with Gasteiger partial charge in [0.25, 0.3) is 4.84 Å². The molecule has 0 radical (unpaired) electrons. The van der Waals surface area contributed by atoms with Crippen molar-refractivity contribution in [2.24, 2.45) is 5.92 Å². The Morgan fingerprint density at radius 1 is 1.25 bits per heavy atom. The van der Waals surface area contributed by atoms with E-state index >= 15 is 0 Å². The molecule has 1 aromatic heterocycles. The lowest BCUT2D eigenvalue weighted by molar-refractivity contribution is 0.432. The lowest BCUT2D eigenvalue weighted by Crippen LogP contribution is -2.05. The molecule has 2 rings (SSSR count). The minimum Gasteiger partial charge on any atom is -0.414 e. The predicted molar refractivity (Wildman–Crippen MR) is 83.7 cm³/mol. The number of H-pyrrole nitrogens is 1. The highest BCUT2D eigenvalue weighted by Gasteiger charge is 2.16. The molecule has 0 aliphatic heterocycles. The van der Waals surface area contributed by atoms with Crippen LogP contribution in [0.2, 0.25) is 5.02 Å². The van der Waals surface area contributed by atoms with Crippen LogP contribution in [0.5, 0.6) is 0 Å². The largest absolute Gasteiger partial charge is 0.414 e. The van der Waals surface area contributed by atoms with E-state index in [0.717, 1.165) is 17.9 Å². The van der Waals surface area contributed by atoms with Gasteiger partial charge in [0, 0.05) is 11.4 Å². The van der Waals surface area contributed by atoms with Crippen LogP contribution in [0.25, 0.3) is 0 Å². The van der Waals surface area contributed by atoms with Gasteiger partial charge in [0.15, 0.2) is 0 Å². The summed E-state index contributed by atoms with van der Waals surface area (Å²) in [5, 5.41) is 7.54. The van der Waals surface area contributed by atoms with E-state index in [1.54, 1.807) is 0 Å². The Labute approximate surface area is 129 Å². The zero-order valence-electron chi connectivity index (χ0n) is 11.7. The molecule has 0 aliphatic rings. The number of nitrogens with one attached hydrogen (secondary N) is 1. The molecular weight excluding hydrogens is 292 g/mol. The summed E-state index contributed by atoms with van der Waals surface area (Å²) in [6.07, 6.45) is 3.01. The van der Waals surface area contributed by atoms with E-state index in [2.05, 4.69) is 36.2 Å². The maximum absolute atomic E-state index is 5.96. The van der Waals surface area contributed by atoms with Crippen molar-refractivity contribution in [1.29, 1.82) is 0 Å². The average Bonchev–Trinajstić information content (AvgIpc) is 2.81. The number of aromatic amines is 1. The van der Waals surface area contributed by atoms with Crippen LogP contribution in [-0.4, -0.2) is 10.2 Å². The van der Waals surface area contributed by atoms with Gasteiger partial charge in [-0.25, -0.2) is 5.10 Å². The normalized spacial score (nSPS) is 12.8. The summed E-state index contributed by atoms with van der Waals surface area (Å²) >= 11 is 10.9. The minimum atomic E-state index is 0.332. The SMILES string of the molecule is CC(C)CC[C@H](Cc1n[nH]c(=S)o1)c1ccc(Cl)cc1. The first kappa shape index (κ1) is 15.3. The van der Waals surface area contributed by atoms with Gasteiger partial charge in [-0.3, -0.25) is 0 Å². The Kier molecular flexibility index (Phi) is 5.38. The highest BCUT2D eigenvalue weighted by Crippen LogP contribution is 2.28. The second kappa shape index (κ2) is 7.04. The monoisotopic (exact) mass is 310 g/mol. The lowest BCUT2D eigenvalue weighted by Gasteiger charge is -2.17. The quantitative estimate of drug-likeness (QED) is 0.750. The van der Waals surface area contributed by atoms with Crippen molar-refractivity contribution in [2.75, 3.05) is 0 Å². The highest BCUT2D eigenvalue weighted by atomic mass is 35.5. The molecule has 1 heterocycles. The van der Waals surface area contributed by atoms with Gasteiger partial charge in [0.05, 0.1) is 0 Å².